The minimum atomic E-state index is -1.07. The summed E-state index contributed by atoms with van der Waals surface area (Å²) in [4.78, 5) is 0. The van der Waals surface area contributed by atoms with Gasteiger partial charge >= 0.3 is 0 Å². The second-order valence-corrected chi connectivity index (χ2v) is 2.63. The van der Waals surface area contributed by atoms with Crippen LogP contribution in [0.25, 0.3) is 0 Å². The van der Waals surface area contributed by atoms with Crippen molar-refractivity contribution in [1.29, 1.82) is 0 Å². The standard InChI is InChI=1S/C5H11ClO2/c1-5(2,8)4(7)3-6/h4,7-8H,3H2,1-2H3. The van der Waals surface area contributed by atoms with Gasteiger partial charge in [0.1, 0.15) is 0 Å². The number of aliphatic hydroxyl groups is 2. The highest BCUT2D eigenvalue weighted by Gasteiger charge is 2.22. The number of rotatable bonds is 2. The summed E-state index contributed by atoms with van der Waals surface area (Å²) in [5.41, 5.74) is -1.07. The molecule has 0 aliphatic heterocycles. The Morgan fingerprint density at radius 1 is 1.62 bits per heavy atom. The number of alkyl halides is 1. The molecule has 0 bridgehead atoms. The molecular formula is C5H11ClO2. The van der Waals surface area contributed by atoms with E-state index in [0.29, 0.717) is 0 Å². The van der Waals surface area contributed by atoms with Gasteiger partial charge in [0.15, 0.2) is 0 Å². The van der Waals surface area contributed by atoms with Gasteiger partial charge in [0, 0.05) is 0 Å². The van der Waals surface area contributed by atoms with Crippen molar-refractivity contribution in [3.05, 3.63) is 0 Å². The first-order chi connectivity index (χ1) is 3.48. The van der Waals surface area contributed by atoms with Gasteiger partial charge in [-0.25, -0.2) is 0 Å². The molecule has 50 valence electrons. The normalized spacial score (nSPS) is 16.1. The molecule has 0 aromatic carbocycles. The second kappa shape index (κ2) is 2.67. The highest BCUT2D eigenvalue weighted by Crippen LogP contribution is 2.08. The maximum absolute atomic E-state index is 8.95. The quantitative estimate of drug-likeness (QED) is 0.541. The third-order valence-electron chi connectivity index (χ3n) is 0.962. The Kier molecular flexibility index (Phi) is 2.74. The molecule has 0 aliphatic carbocycles. The summed E-state index contributed by atoms with van der Waals surface area (Å²) in [5, 5.41) is 17.8. The summed E-state index contributed by atoms with van der Waals surface area (Å²) in [6.07, 6.45) is -0.829. The second-order valence-electron chi connectivity index (χ2n) is 2.32. The molecule has 2 N–H and O–H groups in total. The zero-order valence-corrected chi connectivity index (χ0v) is 5.81. The minimum absolute atomic E-state index is 0.0729. The van der Waals surface area contributed by atoms with Gasteiger partial charge in [-0.2, -0.15) is 0 Å². The van der Waals surface area contributed by atoms with Crippen LogP contribution in [0.1, 0.15) is 13.8 Å². The molecule has 1 atom stereocenters. The molecule has 2 nitrogen and oxygen atoms in total. The lowest BCUT2D eigenvalue weighted by Gasteiger charge is -2.21. The van der Waals surface area contributed by atoms with Crippen LogP contribution in [-0.4, -0.2) is 27.8 Å². The van der Waals surface area contributed by atoms with E-state index in [-0.39, 0.29) is 5.88 Å². The molecule has 0 aromatic rings. The van der Waals surface area contributed by atoms with Crippen LogP contribution in [0.5, 0.6) is 0 Å². The Balaban J connectivity index is 3.62. The largest absolute Gasteiger partial charge is 0.389 e. The highest BCUT2D eigenvalue weighted by atomic mass is 35.5. The fraction of sp³-hybridized carbons (Fsp3) is 1.00. The van der Waals surface area contributed by atoms with Crippen LogP contribution in [0.3, 0.4) is 0 Å². The van der Waals surface area contributed by atoms with Crippen LogP contribution in [0.2, 0.25) is 0 Å². The van der Waals surface area contributed by atoms with Crippen molar-refractivity contribution in [2.45, 2.75) is 25.6 Å². The number of halogens is 1. The van der Waals surface area contributed by atoms with E-state index in [1.807, 2.05) is 0 Å². The fourth-order valence-corrected chi connectivity index (χ4v) is 0.566. The van der Waals surface area contributed by atoms with Crippen molar-refractivity contribution in [3.8, 4) is 0 Å². The Morgan fingerprint density at radius 2 is 2.00 bits per heavy atom. The van der Waals surface area contributed by atoms with E-state index in [1.54, 1.807) is 0 Å². The Bertz CT molecular complexity index is 67.3. The van der Waals surface area contributed by atoms with E-state index in [9.17, 15) is 0 Å². The third-order valence-corrected chi connectivity index (χ3v) is 1.25. The van der Waals surface area contributed by atoms with Crippen molar-refractivity contribution in [2.75, 3.05) is 5.88 Å². The zero-order valence-electron chi connectivity index (χ0n) is 5.06. The van der Waals surface area contributed by atoms with E-state index in [2.05, 4.69) is 0 Å². The number of hydrogen-bond acceptors (Lipinski definition) is 2. The molecule has 3 heteroatoms. The van der Waals surface area contributed by atoms with Gasteiger partial charge < -0.3 is 10.2 Å². The minimum Gasteiger partial charge on any atom is -0.389 e. The number of aliphatic hydroxyl groups excluding tert-OH is 1. The summed E-state index contributed by atoms with van der Waals surface area (Å²) in [5.74, 6) is 0.0729. The van der Waals surface area contributed by atoms with Crippen molar-refractivity contribution in [2.24, 2.45) is 0 Å². The summed E-state index contributed by atoms with van der Waals surface area (Å²) >= 11 is 5.23. The Morgan fingerprint density at radius 3 is 2.00 bits per heavy atom. The van der Waals surface area contributed by atoms with Crippen LogP contribution in [0.15, 0.2) is 0 Å². The summed E-state index contributed by atoms with van der Waals surface area (Å²) in [6, 6.07) is 0. The van der Waals surface area contributed by atoms with Gasteiger partial charge in [-0.15, -0.1) is 11.6 Å². The topological polar surface area (TPSA) is 40.5 Å². The molecule has 0 amide bonds. The molecule has 0 fully saturated rings. The lowest BCUT2D eigenvalue weighted by Crippen LogP contribution is -2.36. The van der Waals surface area contributed by atoms with Crippen molar-refractivity contribution in [1.82, 2.24) is 0 Å². The van der Waals surface area contributed by atoms with Gasteiger partial charge in [0.05, 0.1) is 17.6 Å². The van der Waals surface area contributed by atoms with Crippen LogP contribution < -0.4 is 0 Å². The molecule has 0 saturated heterocycles. The number of hydrogen-bond donors (Lipinski definition) is 2. The zero-order chi connectivity index (χ0) is 6.78. The molecule has 0 aromatic heterocycles. The van der Waals surface area contributed by atoms with Gasteiger partial charge in [-0.1, -0.05) is 0 Å². The molecule has 0 rings (SSSR count). The maximum Gasteiger partial charge on any atom is 0.0956 e. The maximum atomic E-state index is 8.95. The molecule has 0 spiro atoms. The van der Waals surface area contributed by atoms with Crippen LogP contribution >= 0.6 is 11.6 Å². The predicted molar refractivity (Wildman–Crippen MR) is 33.0 cm³/mol. The van der Waals surface area contributed by atoms with Gasteiger partial charge in [0.2, 0.25) is 0 Å². The Hall–Kier alpha value is 0.210. The molecule has 0 aliphatic rings. The Labute approximate surface area is 54.1 Å². The van der Waals surface area contributed by atoms with Crippen LogP contribution in [0, 0.1) is 0 Å². The third kappa shape index (κ3) is 2.50. The van der Waals surface area contributed by atoms with E-state index in [0.717, 1.165) is 0 Å². The average molecular weight is 139 g/mol. The summed E-state index contributed by atoms with van der Waals surface area (Å²) in [6.45, 7) is 3.03. The van der Waals surface area contributed by atoms with Crippen molar-refractivity contribution < 1.29 is 10.2 Å². The van der Waals surface area contributed by atoms with Gasteiger partial charge in [0.25, 0.3) is 0 Å². The molecule has 1 unspecified atom stereocenters. The van der Waals surface area contributed by atoms with E-state index >= 15 is 0 Å². The summed E-state index contributed by atoms with van der Waals surface area (Å²) < 4.78 is 0. The van der Waals surface area contributed by atoms with E-state index < -0.39 is 11.7 Å². The van der Waals surface area contributed by atoms with Crippen LogP contribution in [0.4, 0.5) is 0 Å². The van der Waals surface area contributed by atoms with Crippen molar-refractivity contribution >= 4 is 11.6 Å². The molecule has 0 radical (unpaired) electrons. The first-order valence-corrected chi connectivity index (χ1v) is 2.98. The lowest BCUT2D eigenvalue weighted by atomic mass is 10.0. The molecule has 0 heterocycles. The molecular weight excluding hydrogens is 128 g/mol. The fourth-order valence-electron chi connectivity index (χ4n) is 0.189. The molecule has 0 saturated carbocycles. The van der Waals surface area contributed by atoms with E-state index in [4.69, 9.17) is 21.8 Å². The SMILES string of the molecule is CC(C)(O)C(O)CCl. The van der Waals surface area contributed by atoms with Gasteiger partial charge in [-0.3, -0.25) is 0 Å². The first kappa shape index (κ1) is 8.21. The highest BCUT2D eigenvalue weighted by molar-refractivity contribution is 6.18. The molecule has 8 heavy (non-hydrogen) atoms. The lowest BCUT2D eigenvalue weighted by molar-refractivity contribution is -0.0356. The predicted octanol–water partition coefficient (Wildman–Crippen LogP) is 0.357. The van der Waals surface area contributed by atoms with Gasteiger partial charge in [-0.05, 0) is 13.8 Å². The monoisotopic (exact) mass is 138 g/mol. The first-order valence-electron chi connectivity index (χ1n) is 2.45. The van der Waals surface area contributed by atoms with E-state index in [1.165, 1.54) is 13.8 Å². The smallest absolute Gasteiger partial charge is 0.0956 e. The van der Waals surface area contributed by atoms with Crippen LogP contribution in [-0.2, 0) is 0 Å². The average Bonchev–Trinajstić information content (AvgIpc) is 1.62. The summed E-state index contributed by atoms with van der Waals surface area (Å²) in [7, 11) is 0. The van der Waals surface area contributed by atoms with Crippen molar-refractivity contribution in [3.63, 3.8) is 0 Å².